The van der Waals surface area contributed by atoms with Gasteiger partial charge < -0.3 is 14.8 Å². The minimum absolute atomic E-state index is 0.0293. The van der Waals surface area contributed by atoms with Crippen LogP contribution >= 0.6 is 0 Å². The van der Waals surface area contributed by atoms with Gasteiger partial charge in [-0.15, -0.1) is 0 Å². The summed E-state index contributed by atoms with van der Waals surface area (Å²) in [6.45, 7) is 0.187. The van der Waals surface area contributed by atoms with Crippen LogP contribution in [0.2, 0.25) is 0 Å². The van der Waals surface area contributed by atoms with E-state index >= 15 is 0 Å². The maximum Gasteiger partial charge on any atom is 0.268 e. The summed E-state index contributed by atoms with van der Waals surface area (Å²) in [6.07, 6.45) is 2.35. The Morgan fingerprint density at radius 1 is 0.769 bits per heavy atom. The molecule has 1 aliphatic carbocycles. The number of anilines is 2. The molecule has 0 radical (unpaired) electrons. The smallest absolute Gasteiger partial charge is 0.268 e. The standard InChI is InChI=1S/C33H26N2O4/c36-30-32(16-9-17-32)39-28-18-24-27(19-25(28)34-30)38-20-33(24)23-14-7-8-15-26(23)35(31(33)37)29(21-10-3-1-4-11-21)22-12-5-2-6-13-22/h1-8,10-15,18-19,29H,9,16-17,20H2,(H,34,36). The van der Waals surface area contributed by atoms with Gasteiger partial charge in [-0.05, 0) is 48.1 Å². The molecule has 192 valence electrons. The third kappa shape index (κ3) is 2.97. The zero-order valence-electron chi connectivity index (χ0n) is 21.2. The molecule has 0 aromatic heterocycles. The Morgan fingerprint density at radius 2 is 1.44 bits per heavy atom. The van der Waals surface area contributed by atoms with Gasteiger partial charge in [0.15, 0.2) is 5.60 Å². The maximum atomic E-state index is 14.9. The fraction of sp³-hybridized carbons (Fsp3) is 0.212. The monoisotopic (exact) mass is 514 g/mol. The molecule has 4 aromatic rings. The minimum atomic E-state index is -1.01. The van der Waals surface area contributed by atoms with Crippen LogP contribution in [0.25, 0.3) is 0 Å². The molecule has 1 unspecified atom stereocenters. The number of rotatable bonds is 3. The van der Waals surface area contributed by atoms with Crippen molar-refractivity contribution in [3.63, 3.8) is 0 Å². The molecule has 2 spiro atoms. The van der Waals surface area contributed by atoms with Gasteiger partial charge in [0, 0.05) is 17.3 Å². The second-order valence-electron chi connectivity index (χ2n) is 10.9. The van der Waals surface area contributed by atoms with Crippen LogP contribution in [-0.4, -0.2) is 24.0 Å². The molecular formula is C33H26N2O4. The van der Waals surface area contributed by atoms with Gasteiger partial charge >= 0.3 is 0 Å². The summed E-state index contributed by atoms with van der Waals surface area (Å²) in [5.41, 5.74) is 3.42. The van der Waals surface area contributed by atoms with E-state index < -0.39 is 11.0 Å². The Morgan fingerprint density at radius 3 is 2.10 bits per heavy atom. The molecule has 1 saturated carbocycles. The number of amides is 2. The van der Waals surface area contributed by atoms with E-state index in [1.165, 1.54) is 0 Å². The van der Waals surface area contributed by atoms with Crippen LogP contribution in [-0.2, 0) is 15.0 Å². The average molecular weight is 515 g/mol. The van der Waals surface area contributed by atoms with Crippen molar-refractivity contribution >= 4 is 23.2 Å². The van der Waals surface area contributed by atoms with Crippen LogP contribution in [0.15, 0.2) is 97.1 Å². The lowest BCUT2D eigenvalue weighted by atomic mass is 9.76. The molecule has 0 bridgehead atoms. The fourth-order valence-corrected chi connectivity index (χ4v) is 6.67. The summed E-state index contributed by atoms with van der Waals surface area (Å²) in [6, 6.07) is 31.8. The van der Waals surface area contributed by atoms with E-state index in [1.54, 1.807) is 0 Å². The Bertz CT molecular complexity index is 1610. The molecule has 2 amide bonds. The third-order valence-electron chi connectivity index (χ3n) is 8.81. The molecule has 4 aliphatic rings. The zero-order chi connectivity index (χ0) is 26.2. The molecule has 4 aromatic carbocycles. The quantitative estimate of drug-likeness (QED) is 0.378. The number of nitrogens with zero attached hydrogens (tertiary/aromatic N) is 1. The second kappa shape index (κ2) is 7.96. The first-order valence-corrected chi connectivity index (χ1v) is 13.5. The van der Waals surface area contributed by atoms with Gasteiger partial charge in [0.25, 0.3) is 5.91 Å². The molecule has 1 fully saturated rings. The molecule has 6 nitrogen and oxygen atoms in total. The fourth-order valence-electron chi connectivity index (χ4n) is 6.67. The third-order valence-corrected chi connectivity index (χ3v) is 8.81. The maximum absolute atomic E-state index is 14.9. The van der Waals surface area contributed by atoms with Gasteiger partial charge in [-0.3, -0.25) is 14.5 Å². The lowest BCUT2D eigenvalue weighted by Crippen LogP contribution is -2.55. The Kier molecular flexibility index (Phi) is 4.57. The average Bonchev–Trinajstić information content (AvgIpc) is 3.44. The number of nitrogens with one attached hydrogen (secondary N) is 1. The highest BCUT2D eigenvalue weighted by Gasteiger charge is 2.59. The van der Waals surface area contributed by atoms with Crippen LogP contribution in [0.4, 0.5) is 11.4 Å². The summed E-state index contributed by atoms with van der Waals surface area (Å²) in [5, 5.41) is 3.02. The first kappa shape index (κ1) is 22.4. The van der Waals surface area contributed by atoms with Crippen LogP contribution in [0, 0.1) is 0 Å². The summed E-state index contributed by atoms with van der Waals surface area (Å²) in [5.74, 6) is 1.07. The number of para-hydroxylation sites is 1. The van der Waals surface area contributed by atoms with Crippen molar-refractivity contribution in [2.75, 3.05) is 16.8 Å². The highest BCUT2D eigenvalue weighted by Crippen LogP contribution is 2.57. The molecule has 6 heteroatoms. The highest BCUT2D eigenvalue weighted by atomic mass is 16.5. The van der Waals surface area contributed by atoms with E-state index in [-0.39, 0.29) is 24.5 Å². The van der Waals surface area contributed by atoms with E-state index in [4.69, 9.17) is 9.47 Å². The van der Waals surface area contributed by atoms with Crippen molar-refractivity contribution in [1.29, 1.82) is 0 Å². The van der Waals surface area contributed by atoms with Gasteiger partial charge in [-0.1, -0.05) is 78.9 Å². The normalized spacial score (nSPS) is 21.6. The molecule has 39 heavy (non-hydrogen) atoms. The number of ether oxygens (including phenoxy) is 2. The van der Waals surface area contributed by atoms with Gasteiger partial charge in [0.1, 0.15) is 23.5 Å². The van der Waals surface area contributed by atoms with Crippen molar-refractivity contribution < 1.29 is 19.1 Å². The van der Waals surface area contributed by atoms with Gasteiger partial charge in [-0.25, -0.2) is 0 Å². The molecule has 1 atom stereocenters. The van der Waals surface area contributed by atoms with E-state index in [9.17, 15) is 9.59 Å². The minimum Gasteiger partial charge on any atom is -0.491 e. The molecule has 3 heterocycles. The van der Waals surface area contributed by atoms with E-state index in [0.717, 1.165) is 34.4 Å². The summed E-state index contributed by atoms with van der Waals surface area (Å²) >= 11 is 0. The summed E-state index contributed by atoms with van der Waals surface area (Å²) in [4.78, 5) is 29.6. The first-order chi connectivity index (χ1) is 19.1. The van der Waals surface area contributed by atoms with Crippen molar-refractivity contribution in [2.45, 2.75) is 36.3 Å². The lowest BCUT2D eigenvalue weighted by molar-refractivity contribution is -0.139. The van der Waals surface area contributed by atoms with Crippen molar-refractivity contribution in [3.05, 3.63) is 119 Å². The number of carbonyl (C=O) groups excluding carboxylic acids is 2. The first-order valence-electron chi connectivity index (χ1n) is 13.5. The molecule has 0 saturated heterocycles. The molecular weight excluding hydrogens is 488 g/mol. The Balaban J connectivity index is 1.31. The summed E-state index contributed by atoms with van der Waals surface area (Å²) in [7, 11) is 0. The van der Waals surface area contributed by atoms with Gasteiger partial charge in [0.05, 0.1) is 11.7 Å². The van der Waals surface area contributed by atoms with Crippen molar-refractivity contribution in [2.24, 2.45) is 0 Å². The van der Waals surface area contributed by atoms with Crippen molar-refractivity contribution in [3.8, 4) is 11.5 Å². The second-order valence-corrected chi connectivity index (χ2v) is 10.9. The zero-order valence-corrected chi connectivity index (χ0v) is 21.2. The highest BCUT2D eigenvalue weighted by molar-refractivity contribution is 6.13. The number of fused-ring (bicyclic) bond motifs is 5. The molecule has 8 rings (SSSR count). The van der Waals surface area contributed by atoms with Crippen LogP contribution in [0.1, 0.15) is 47.6 Å². The lowest BCUT2D eigenvalue weighted by Gasteiger charge is -2.43. The van der Waals surface area contributed by atoms with Gasteiger partial charge in [0.2, 0.25) is 5.91 Å². The van der Waals surface area contributed by atoms with Crippen LogP contribution in [0.3, 0.4) is 0 Å². The predicted octanol–water partition coefficient (Wildman–Crippen LogP) is 5.75. The van der Waals surface area contributed by atoms with Crippen LogP contribution < -0.4 is 19.7 Å². The van der Waals surface area contributed by atoms with E-state index in [2.05, 4.69) is 29.6 Å². The largest absolute Gasteiger partial charge is 0.491 e. The molecule has 1 N–H and O–H groups in total. The number of benzene rings is 4. The number of carbonyl (C=O) groups is 2. The molecule has 3 aliphatic heterocycles. The number of hydrogen-bond donors (Lipinski definition) is 1. The number of hydrogen-bond acceptors (Lipinski definition) is 4. The van der Waals surface area contributed by atoms with Crippen LogP contribution in [0.5, 0.6) is 11.5 Å². The Labute approximate surface area is 226 Å². The topological polar surface area (TPSA) is 67.9 Å². The van der Waals surface area contributed by atoms with Crippen molar-refractivity contribution in [1.82, 2.24) is 0 Å². The van der Waals surface area contributed by atoms with Gasteiger partial charge in [-0.2, -0.15) is 0 Å². The van der Waals surface area contributed by atoms with E-state index in [0.29, 0.717) is 30.0 Å². The summed E-state index contributed by atoms with van der Waals surface area (Å²) < 4.78 is 12.6. The SMILES string of the molecule is O=C1Nc2cc3c(cc2OC12CCC2)C1(CO3)C(=O)N(C(c2ccccc2)c2ccccc2)c2ccccc21. The van der Waals surface area contributed by atoms with E-state index in [1.807, 2.05) is 77.7 Å². The Hall–Kier alpha value is -4.58. The predicted molar refractivity (Wildman–Crippen MR) is 147 cm³/mol.